The third-order valence-electron chi connectivity index (χ3n) is 1.25. The molecule has 0 bridgehead atoms. The molecule has 0 aliphatic carbocycles. The summed E-state index contributed by atoms with van der Waals surface area (Å²) in [5, 5.41) is -0.139. The van der Waals surface area contributed by atoms with E-state index in [1.807, 2.05) is 0 Å². The third-order valence-corrected chi connectivity index (χ3v) is 2.86. The number of halogens is 3. The second kappa shape index (κ2) is 8.16. The van der Waals surface area contributed by atoms with E-state index < -0.39 is 0 Å². The Balaban J connectivity index is 3.38. The van der Waals surface area contributed by atoms with Gasteiger partial charge in [-0.1, -0.05) is 0 Å². The number of hydrogen-bond acceptors (Lipinski definition) is 1. The minimum absolute atomic E-state index is 0.0321. The van der Waals surface area contributed by atoms with Crippen molar-refractivity contribution in [3.05, 3.63) is 0 Å². The summed E-state index contributed by atoms with van der Waals surface area (Å²) in [5.74, 6) is 0.639. The molecule has 0 N–H and O–H groups in total. The molecule has 5 heteroatoms. The fourth-order valence-corrected chi connectivity index (χ4v) is 1.65. The molecule has 11 heavy (non-hydrogen) atoms. The van der Waals surface area contributed by atoms with Crippen LogP contribution in [0.5, 0.6) is 0 Å². The normalized spacial score (nSPS) is 16.2. The summed E-state index contributed by atoms with van der Waals surface area (Å²) in [4.78, 5) is 0. The zero-order valence-corrected chi connectivity index (χ0v) is 9.85. The van der Waals surface area contributed by atoms with Crippen LogP contribution in [-0.4, -0.2) is 23.2 Å². The van der Waals surface area contributed by atoms with Crippen LogP contribution in [0.4, 0.5) is 0 Å². The van der Waals surface area contributed by atoms with Crippen molar-refractivity contribution in [1.82, 2.24) is 0 Å². The molecule has 1 nitrogen and oxygen atoms in total. The van der Waals surface area contributed by atoms with Crippen LogP contribution in [-0.2, 0) is 24.1 Å². The Bertz CT molecular complexity index is 93.9. The molecular weight excluding hydrogens is 242 g/mol. The Morgan fingerprint density at radius 3 is 2.36 bits per heavy atom. The first-order valence-corrected chi connectivity index (χ1v) is 5.39. The Kier molecular flexibility index (Phi) is 9.30. The van der Waals surface area contributed by atoms with Crippen LogP contribution < -0.4 is 0 Å². The summed E-state index contributed by atoms with van der Waals surface area (Å²) in [6.07, 6.45) is 1.76. The van der Waals surface area contributed by atoms with Crippen molar-refractivity contribution in [1.29, 1.82) is 0 Å². The molecule has 0 saturated carbocycles. The van der Waals surface area contributed by atoms with E-state index in [2.05, 4.69) is 0 Å². The molecular formula is C6H10Cl3OTi. The monoisotopic (exact) mass is 251 g/mol. The van der Waals surface area contributed by atoms with Gasteiger partial charge in [0.2, 0.25) is 0 Å². The van der Waals surface area contributed by atoms with Crippen molar-refractivity contribution >= 4 is 34.8 Å². The van der Waals surface area contributed by atoms with Crippen LogP contribution in [0.1, 0.15) is 12.8 Å². The quantitative estimate of drug-likeness (QED) is 0.522. The van der Waals surface area contributed by atoms with E-state index >= 15 is 0 Å². The first-order valence-electron chi connectivity index (χ1n) is 3.35. The number of alkyl halides is 3. The van der Waals surface area contributed by atoms with Crippen LogP contribution in [0.3, 0.4) is 0 Å². The van der Waals surface area contributed by atoms with Crippen LogP contribution in [0.25, 0.3) is 0 Å². The van der Waals surface area contributed by atoms with Gasteiger partial charge in [-0.2, -0.15) is 0 Å². The minimum atomic E-state index is -0.107. The van der Waals surface area contributed by atoms with E-state index in [0.717, 1.165) is 12.8 Å². The second-order valence-electron chi connectivity index (χ2n) is 2.17. The zero-order valence-electron chi connectivity index (χ0n) is 6.03. The van der Waals surface area contributed by atoms with Crippen LogP contribution in [0.15, 0.2) is 0 Å². The average Bonchev–Trinajstić information content (AvgIpc) is 2.00. The van der Waals surface area contributed by atoms with Gasteiger partial charge in [0.05, 0.1) is 0 Å². The van der Waals surface area contributed by atoms with E-state index in [1.165, 1.54) is 0 Å². The van der Waals surface area contributed by atoms with Gasteiger partial charge in [-0.3, -0.25) is 0 Å². The maximum absolute atomic E-state index is 5.92. The van der Waals surface area contributed by atoms with Crippen molar-refractivity contribution in [3.8, 4) is 0 Å². The van der Waals surface area contributed by atoms with Gasteiger partial charge in [0.25, 0.3) is 0 Å². The molecule has 0 aliphatic heterocycles. The van der Waals surface area contributed by atoms with Crippen molar-refractivity contribution < 1.29 is 24.1 Å². The van der Waals surface area contributed by atoms with Gasteiger partial charge in [-0.25, -0.2) is 0 Å². The maximum atomic E-state index is 5.92. The van der Waals surface area contributed by atoms with E-state index in [4.69, 9.17) is 38.1 Å². The summed E-state index contributed by atoms with van der Waals surface area (Å²) in [5.41, 5.74) is 0. The molecule has 0 heterocycles. The fraction of sp³-hybridized carbons (Fsp3) is 1.00. The van der Waals surface area contributed by atoms with Crippen molar-refractivity contribution in [2.45, 2.75) is 23.6 Å². The van der Waals surface area contributed by atoms with Crippen LogP contribution in [0.2, 0.25) is 0 Å². The molecule has 0 aromatic carbocycles. The predicted octanol–water partition coefficient (Wildman–Crippen LogP) is 2.70. The van der Waals surface area contributed by atoms with Gasteiger partial charge >= 0.3 is 95.0 Å². The fourth-order valence-electron chi connectivity index (χ4n) is 0.637. The standard InChI is InChI=1S/C6H10Cl3O.Ti/c7-3-1-2-5(8)6(9)4-10;/h5-6H,1-4H2;/q-1;+1. The number of hydrogen-bond donors (Lipinski definition) is 0. The molecule has 2 atom stereocenters. The molecule has 0 aromatic heterocycles. The summed E-state index contributed by atoms with van der Waals surface area (Å²) in [6, 6.07) is 0. The van der Waals surface area contributed by atoms with Gasteiger partial charge < -0.3 is 0 Å². The Morgan fingerprint density at radius 1 is 1.27 bits per heavy atom. The predicted molar refractivity (Wildman–Crippen MR) is 45.2 cm³/mol. The summed E-state index contributed by atoms with van der Waals surface area (Å²) in [6.45, 7) is 0.498. The molecule has 0 radical (unpaired) electrons. The van der Waals surface area contributed by atoms with E-state index in [1.54, 1.807) is 20.8 Å². The molecule has 0 fully saturated rings. The van der Waals surface area contributed by atoms with Crippen LogP contribution >= 0.6 is 34.8 Å². The molecule has 0 rings (SSSR count). The Labute approximate surface area is 94.6 Å². The first kappa shape index (κ1) is 12.5. The van der Waals surface area contributed by atoms with Gasteiger partial charge in [0, 0.05) is 0 Å². The van der Waals surface area contributed by atoms with E-state index in [-0.39, 0.29) is 10.8 Å². The molecule has 0 aliphatic rings. The summed E-state index contributed by atoms with van der Waals surface area (Å²) < 4.78 is 4.86. The summed E-state index contributed by atoms with van der Waals surface area (Å²) >= 11 is 18.9. The zero-order chi connectivity index (χ0) is 8.69. The number of rotatable bonds is 6. The average molecular weight is 252 g/mol. The van der Waals surface area contributed by atoms with Gasteiger partial charge in [-0.15, -0.1) is 0 Å². The van der Waals surface area contributed by atoms with Gasteiger partial charge in [-0.05, 0) is 0 Å². The van der Waals surface area contributed by atoms with Gasteiger partial charge in [0.15, 0.2) is 0 Å². The van der Waals surface area contributed by atoms with Crippen molar-refractivity contribution in [3.63, 3.8) is 0 Å². The first-order chi connectivity index (χ1) is 5.22. The topological polar surface area (TPSA) is 9.23 Å². The Morgan fingerprint density at radius 2 is 1.91 bits per heavy atom. The van der Waals surface area contributed by atoms with E-state index in [0.29, 0.717) is 12.5 Å². The molecule has 0 aromatic rings. The van der Waals surface area contributed by atoms with Crippen molar-refractivity contribution in [2.75, 3.05) is 12.5 Å². The van der Waals surface area contributed by atoms with Crippen LogP contribution in [0, 0.1) is 0 Å². The molecule has 65 valence electrons. The molecule has 0 saturated heterocycles. The second-order valence-corrected chi connectivity index (χ2v) is 4.12. The van der Waals surface area contributed by atoms with Crippen molar-refractivity contribution in [2.24, 2.45) is 0 Å². The Hall–Kier alpha value is 1.54. The van der Waals surface area contributed by atoms with Gasteiger partial charge in [0.1, 0.15) is 0 Å². The SMILES string of the molecule is ClCCCC(Cl)C(Cl)C[O][Ti]. The molecule has 2 unspecified atom stereocenters. The third kappa shape index (κ3) is 6.68. The van der Waals surface area contributed by atoms with E-state index in [9.17, 15) is 0 Å². The molecule has 0 spiro atoms. The summed E-state index contributed by atoms with van der Waals surface area (Å²) in [7, 11) is 0. The molecule has 0 amide bonds.